The number of hydrogen-bond acceptors (Lipinski definition) is 3. The van der Waals surface area contributed by atoms with Gasteiger partial charge in [0.05, 0.1) is 5.69 Å². The van der Waals surface area contributed by atoms with Gasteiger partial charge in [0, 0.05) is 24.6 Å². The summed E-state index contributed by atoms with van der Waals surface area (Å²) in [6.45, 7) is 2.00. The summed E-state index contributed by atoms with van der Waals surface area (Å²) >= 11 is 0. The summed E-state index contributed by atoms with van der Waals surface area (Å²) in [6.07, 6.45) is 7.05. The predicted molar refractivity (Wildman–Crippen MR) is 44.0 cm³/mol. The first-order valence-corrected chi connectivity index (χ1v) is 3.79. The first kappa shape index (κ1) is 8.14. The van der Waals surface area contributed by atoms with Crippen molar-refractivity contribution in [2.45, 2.75) is 25.8 Å². The molecule has 0 amide bonds. The van der Waals surface area contributed by atoms with Crippen molar-refractivity contribution in [3.8, 4) is 0 Å². The summed E-state index contributed by atoms with van der Waals surface area (Å²) in [5, 5.41) is 0. The van der Waals surface area contributed by atoms with Crippen molar-refractivity contribution in [3.05, 3.63) is 24.3 Å². The minimum absolute atomic E-state index is 0.247. The highest BCUT2D eigenvalue weighted by atomic mass is 14.8. The minimum atomic E-state index is 0.247. The topological polar surface area (TPSA) is 51.8 Å². The van der Waals surface area contributed by atoms with Crippen molar-refractivity contribution in [2.75, 3.05) is 0 Å². The number of hydrogen-bond donors (Lipinski definition) is 1. The minimum Gasteiger partial charge on any atom is -0.328 e. The first-order chi connectivity index (χ1) is 5.29. The fourth-order valence-corrected chi connectivity index (χ4v) is 0.835. The van der Waals surface area contributed by atoms with Gasteiger partial charge in [0.15, 0.2) is 0 Å². The quantitative estimate of drug-likeness (QED) is 0.693. The molecule has 0 fully saturated rings. The molecule has 1 rings (SSSR count). The van der Waals surface area contributed by atoms with Crippen LogP contribution in [0.25, 0.3) is 0 Å². The van der Waals surface area contributed by atoms with Crippen LogP contribution in [0.3, 0.4) is 0 Å². The molecule has 0 bridgehead atoms. The van der Waals surface area contributed by atoms with E-state index in [2.05, 4.69) is 9.97 Å². The van der Waals surface area contributed by atoms with Gasteiger partial charge in [-0.3, -0.25) is 9.97 Å². The Morgan fingerprint density at radius 1 is 1.55 bits per heavy atom. The Morgan fingerprint density at radius 3 is 2.91 bits per heavy atom. The maximum Gasteiger partial charge on any atom is 0.0587 e. The lowest BCUT2D eigenvalue weighted by molar-refractivity contribution is 0.656. The van der Waals surface area contributed by atoms with Crippen LogP contribution >= 0.6 is 0 Å². The van der Waals surface area contributed by atoms with Crippen LogP contribution in [0.4, 0.5) is 0 Å². The zero-order valence-corrected chi connectivity index (χ0v) is 6.70. The van der Waals surface area contributed by atoms with Gasteiger partial charge >= 0.3 is 0 Å². The van der Waals surface area contributed by atoms with Crippen LogP contribution in [0.2, 0.25) is 0 Å². The first-order valence-electron chi connectivity index (χ1n) is 3.79. The van der Waals surface area contributed by atoms with E-state index in [0.717, 1.165) is 18.5 Å². The van der Waals surface area contributed by atoms with E-state index in [0.29, 0.717) is 0 Å². The summed E-state index contributed by atoms with van der Waals surface area (Å²) in [5.74, 6) is 0. The number of nitrogens with two attached hydrogens (primary N) is 1. The van der Waals surface area contributed by atoms with Gasteiger partial charge in [-0.2, -0.15) is 0 Å². The van der Waals surface area contributed by atoms with Gasteiger partial charge < -0.3 is 5.73 Å². The van der Waals surface area contributed by atoms with E-state index in [1.165, 1.54) is 0 Å². The lowest BCUT2D eigenvalue weighted by Crippen LogP contribution is -2.15. The molecule has 0 spiro atoms. The van der Waals surface area contributed by atoms with E-state index in [-0.39, 0.29) is 6.04 Å². The molecule has 3 heteroatoms. The molecule has 1 atom stereocenters. The molecule has 0 saturated carbocycles. The van der Waals surface area contributed by atoms with E-state index in [1.54, 1.807) is 18.6 Å². The molecule has 1 aromatic heterocycles. The van der Waals surface area contributed by atoms with Crippen LogP contribution in [-0.2, 0) is 6.42 Å². The molecule has 0 aliphatic carbocycles. The molecule has 11 heavy (non-hydrogen) atoms. The fraction of sp³-hybridized carbons (Fsp3) is 0.500. The van der Waals surface area contributed by atoms with E-state index in [4.69, 9.17) is 5.73 Å². The summed E-state index contributed by atoms with van der Waals surface area (Å²) in [6, 6.07) is 0.247. The van der Waals surface area contributed by atoms with Gasteiger partial charge in [0.2, 0.25) is 0 Å². The fourth-order valence-electron chi connectivity index (χ4n) is 0.835. The maximum atomic E-state index is 5.59. The molecule has 3 nitrogen and oxygen atoms in total. The highest BCUT2D eigenvalue weighted by Gasteiger charge is 1.96. The molecule has 0 radical (unpaired) electrons. The van der Waals surface area contributed by atoms with Crippen LogP contribution in [-0.4, -0.2) is 16.0 Å². The summed E-state index contributed by atoms with van der Waals surface area (Å²) in [7, 11) is 0. The zero-order valence-electron chi connectivity index (χ0n) is 6.70. The van der Waals surface area contributed by atoms with E-state index >= 15 is 0 Å². The molecule has 0 unspecified atom stereocenters. The Kier molecular flexibility index (Phi) is 2.98. The molecule has 1 heterocycles. The normalized spacial score (nSPS) is 12.9. The van der Waals surface area contributed by atoms with Gasteiger partial charge in [-0.1, -0.05) is 0 Å². The van der Waals surface area contributed by atoms with Gasteiger partial charge in [0.25, 0.3) is 0 Å². The molecular formula is C8H13N3. The SMILES string of the molecule is C[C@H](N)CCc1cnccn1. The monoisotopic (exact) mass is 151 g/mol. The van der Waals surface area contributed by atoms with Crippen molar-refractivity contribution >= 4 is 0 Å². The highest BCUT2D eigenvalue weighted by molar-refractivity contribution is 4.94. The lowest BCUT2D eigenvalue weighted by Gasteiger charge is -2.02. The molecule has 1 aromatic rings. The van der Waals surface area contributed by atoms with E-state index in [1.807, 2.05) is 6.92 Å². The largest absolute Gasteiger partial charge is 0.328 e. The number of nitrogens with zero attached hydrogens (tertiary/aromatic N) is 2. The van der Waals surface area contributed by atoms with E-state index < -0.39 is 0 Å². The standard InChI is InChI=1S/C8H13N3/c1-7(9)2-3-8-6-10-4-5-11-8/h4-7H,2-3,9H2,1H3/t7-/m0/s1. The van der Waals surface area contributed by atoms with Crippen LogP contribution in [0.15, 0.2) is 18.6 Å². The van der Waals surface area contributed by atoms with Crippen molar-refractivity contribution < 1.29 is 0 Å². The third kappa shape index (κ3) is 3.09. The Morgan fingerprint density at radius 2 is 2.36 bits per heavy atom. The molecule has 60 valence electrons. The highest BCUT2D eigenvalue weighted by Crippen LogP contribution is 1.97. The maximum absolute atomic E-state index is 5.59. The Balaban J connectivity index is 2.39. The number of aryl methyl sites for hydroxylation is 1. The second-order valence-corrected chi connectivity index (χ2v) is 2.71. The van der Waals surface area contributed by atoms with Crippen LogP contribution < -0.4 is 5.73 Å². The third-order valence-corrected chi connectivity index (χ3v) is 1.47. The van der Waals surface area contributed by atoms with Crippen molar-refractivity contribution in [1.29, 1.82) is 0 Å². The van der Waals surface area contributed by atoms with Gasteiger partial charge in [0.1, 0.15) is 0 Å². The predicted octanol–water partition coefficient (Wildman–Crippen LogP) is 0.756. The molecule has 0 aliphatic rings. The molecule has 0 saturated heterocycles. The van der Waals surface area contributed by atoms with Crippen molar-refractivity contribution in [3.63, 3.8) is 0 Å². The van der Waals surface area contributed by atoms with Crippen molar-refractivity contribution in [2.24, 2.45) is 5.73 Å². The molecule has 0 aromatic carbocycles. The van der Waals surface area contributed by atoms with Gasteiger partial charge in [-0.15, -0.1) is 0 Å². The third-order valence-electron chi connectivity index (χ3n) is 1.47. The average molecular weight is 151 g/mol. The zero-order chi connectivity index (χ0) is 8.10. The summed E-state index contributed by atoms with van der Waals surface area (Å²) < 4.78 is 0. The summed E-state index contributed by atoms with van der Waals surface area (Å²) in [4.78, 5) is 8.09. The van der Waals surface area contributed by atoms with E-state index in [9.17, 15) is 0 Å². The summed E-state index contributed by atoms with van der Waals surface area (Å²) in [5.41, 5.74) is 6.61. The van der Waals surface area contributed by atoms with Crippen molar-refractivity contribution in [1.82, 2.24) is 9.97 Å². The van der Waals surface area contributed by atoms with Crippen LogP contribution in [0.1, 0.15) is 19.0 Å². The number of aromatic nitrogens is 2. The second kappa shape index (κ2) is 4.03. The van der Waals surface area contributed by atoms with Gasteiger partial charge in [-0.05, 0) is 19.8 Å². The molecule has 0 aliphatic heterocycles. The Labute approximate surface area is 66.7 Å². The molecular weight excluding hydrogens is 138 g/mol. The second-order valence-electron chi connectivity index (χ2n) is 2.71. The average Bonchev–Trinajstić information content (AvgIpc) is 2.03. The Bertz CT molecular complexity index is 196. The van der Waals surface area contributed by atoms with Crippen LogP contribution in [0, 0.1) is 0 Å². The smallest absolute Gasteiger partial charge is 0.0587 e. The Hall–Kier alpha value is -0.960. The molecule has 2 N–H and O–H groups in total. The van der Waals surface area contributed by atoms with Crippen LogP contribution in [0.5, 0.6) is 0 Å². The lowest BCUT2D eigenvalue weighted by atomic mass is 10.1. The number of rotatable bonds is 3. The van der Waals surface area contributed by atoms with Gasteiger partial charge in [-0.25, -0.2) is 0 Å².